The number of aromatic nitrogens is 1. The topological polar surface area (TPSA) is 62.7 Å². The van der Waals surface area contributed by atoms with Gasteiger partial charge in [-0.05, 0) is 48.8 Å². The van der Waals surface area contributed by atoms with E-state index in [0.717, 1.165) is 36.8 Å². The van der Waals surface area contributed by atoms with E-state index in [1.54, 1.807) is 12.4 Å². The number of nitrogens with zero attached hydrogens (tertiary/aromatic N) is 3. The fourth-order valence-corrected chi connectivity index (χ4v) is 5.82. The zero-order valence-electron chi connectivity index (χ0n) is 19.4. The zero-order valence-corrected chi connectivity index (χ0v) is 19.4. The lowest BCUT2D eigenvalue weighted by Crippen LogP contribution is -2.60. The molecule has 2 amide bonds. The smallest absolute Gasteiger partial charge is 0.257 e. The van der Waals surface area contributed by atoms with Crippen molar-refractivity contribution in [1.29, 1.82) is 0 Å². The molecule has 1 aromatic heterocycles. The van der Waals surface area contributed by atoms with Crippen LogP contribution in [-0.2, 0) is 20.9 Å². The number of rotatable bonds is 4. The van der Waals surface area contributed by atoms with E-state index in [4.69, 9.17) is 4.74 Å². The average Bonchev–Trinajstić information content (AvgIpc) is 3.11. The minimum absolute atomic E-state index is 0.0185. The SMILES string of the molecule is CC1CCC(C(=O)N2CCOC3(C2)C(=O)N(Cc2cccnc2)CC3c2ccccc2)CC1. The van der Waals surface area contributed by atoms with E-state index in [1.165, 1.54) is 0 Å². The molecule has 2 saturated heterocycles. The minimum Gasteiger partial charge on any atom is -0.361 e. The summed E-state index contributed by atoms with van der Waals surface area (Å²) >= 11 is 0. The van der Waals surface area contributed by atoms with E-state index in [0.29, 0.717) is 38.7 Å². The number of carbonyl (C=O) groups excluding carboxylic acids is 2. The number of amides is 2. The number of likely N-dealkylation sites (tertiary alicyclic amines) is 1. The second kappa shape index (κ2) is 9.26. The predicted octanol–water partition coefficient (Wildman–Crippen LogP) is 3.63. The largest absolute Gasteiger partial charge is 0.361 e. The van der Waals surface area contributed by atoms with Crippen molar-refractivity contribution in [1.82, 2.24) is 14.8 Å². The van der Waals surface area contributed by atoms with Crippen LogP contribution in [0.25, 0.3) is 0 Å². The molecule has 6 heteroatoms. The van der Waals surface area contributed by atoms with Crippen molar-refractivity contribution in [2.45, 2.75) is 50.7 Å². The number of benzene rings is 1. The van der Waals surface area contributed by atoms with Crippen LogP contribution in [0.3, 0.4) is 0 Å². The first kappa shape index (κ1) is 22.1. The normalized spacial score (nSPS) is 30.1. The summed E-state index contributed by atoms with van der Waals surface area (Å²) in [5, 5.41) is 0. The summed E-state index contributed by atoms with van der Waals surface area (Å²) in [5.41, 5.74) is 1.05. The number of hydrogen-bond acceptors (Lipinski definition) is 4. The van der Waals surface area contributed by atoms with Crippen molar-refractivity contribution in [3.63, 3.8) is 0 Å². The Kier molecular flexibility index (Phi) is 6.19. The maximum absolute atomic E-state index is 13.9. The standard InChI is InChI=1S/C27H33N3O3/c1-20-9-11-23(12-10-20)25(31)29-14-15-33-27(19-29)24(22-7-3-2-4-8-22)18-30(26(27)32)17-21-6-5-13-28-16-21/h2-8,13,16,20,23-24H,9-12,14-15,17-19H2,1H3. The number of pyridine rings is 1. The van der Waals surface area contributed by atoms with Gasteiger partial charge < -0.3 is 14.5 Å². The first-order chi connectivity index (χ1) is 16.1. The Morgan fingerprint density at radius 3 is 2.64 bits per heavy atom. The molecule has 174 valence electrons. The van der Waals surface area contributed by atoms with Crippen molar-refractivity contribution in [2.24, 2.45) is 11.8 Å². The van der Waals surface area contributed by atoms with E-state index in [-0.39, 0.29) is 23.7 Å². The van der Waals surface area contributed by atoms with Gasteiger partial charge in [0.1, 0.15) is 0 Å². The third kappa shape index (κ3) is 4.29. The molecule has 1 aliphatic carbocycles. The highest BCUT2D eigenvalue weighted by molar-refractivity contribution is 5.91. The van der Waals surface area contributed by atoms with Crippen LogP contribution in [0.15, 0.2) is 54.9 Å². The molecule has 6 nitrogen and oxygen atoms in total. The van der Waals surface area contributed by atoms with E-state index in [1.807, 2.05) is 40.1 Å². The molecule has 1 spiro atoms. The van der Waals surface area contributed by atoms with Crippen LogP contribution in [0.4, 0.5) is 0 Å². The number of morpholine rings is 1. The second-order valence-corrected chi connectivity index (χ2v) is 9.96. The van der Waals surface area contributed by atoms with Crippen molar-refractivity contribution in [3.8, 4) is 0 Å². The highest BCUT2D eigenvalue weighted by Gasteiger charge is 2.58. The maximum Gasteiger partial charge on any atom is 0.257 e. The molecule has 1 aromatic carbocycles. The van der Waals surface area contributed by atoms with Crippen LogP contribution in [0.5, 0.6) is 0 Å². The molecule has 3 heterocycles. The maximum atomic E-state index is 13.9. The summed E-state index contributed by atoms with van der Waals surface area (Å²) < 4.78 is 6.36. The Labute approximate surface area is 195 Å². The Bertz CT molecular complexity index is 975. The Hall–Kier alpha value is -2.73. The molecule has 3 fully saturated rings. The van der Waals surface area contributed by atoms with E-state index < -0.39 is 5.60 Å². The van der Waals surface area contributed by atoms with E-state index in [2.05, 4.69) is 24.0 Å². The van der Waals surface area contributed by atoms with Crippen LogP contribution in [0, 0.1) is 11.8 Å². The second-order valence-electron chi connectivity index (χ2n) is 9.96. The third-order valence-electron chi connectivity index (χ3n) is 7.74. The summed E-state index contributed by atoms with van der Waals surface area (Å²) in [6, 6.07) is 14.0. The molecule has 2 aromatic rings. The van der Waals surface area contributed by atoms with Gasteiger partial charge in [0.05, 0.1) is 13.2 Å². The van der Waals surface area contributed by atoms with Gasteiger partial charge in [-0.15, -0.1) is 0 Å². The number of hydrogen-bond donors (Lipinski definition) is 0. The molecular weight excluding hydrogens is 414 g/mol. The van der Waals surface area contributed by atoms with Crippen LogP contribution >= 0.6 is 0 Å². The number of ether oxygens (including phenoxy) is 1. The lowest BCUT2D eigenvalue weighted by atomic mass is 9.80. The van der Waals surface area contributed by atoms with Crippen LogP contribution in [-0.4, -0.2) is 58.4 Å². The van der Waals surface area contributed by atoms with Gasteiger partial charge >= 0.3 is 0 Å². The molecule has 33 heavy (non-hydrogen) atoms. The molecule has 2 unspecified atom stereocenters. The van der Waals surface area contributed by atoms with Gasteiger partial charge in [-0.2, -0.15) is 0 Å². The average molecular weight is 448 g/mol. The fraction of sp³-hybridized carbons (Fsp3) is 0.519. The summed E-state index contributed by atoms with van der Waals surface area (Å²) in [4.78, 5) is 35.4. The van der Waals surface area contributed by atoms with Crippen molar-refractivity contribution in [3.05, 3.63) is 66.0 Å². The molecule has 0 radical (unpaired) electrons. The Balaban J connectivity index is 1.42. The fourth-order valence-electron chi connectivity index (χ4n) is 5.82. The first-order valence-corrected chi connectivity index (χ1v) is 12.2. The summed E-state index contributed by atoms with van der Waals surface area (Å²) in [7, 11) is 0. The van der Waals surface area contributed by atoms with Crippen molar-refractivity contribution >= 4 is 11.8 Å². The predicted molar refractivity (Wildman–Crippen MR) is 125 cm³/mol. The monoisotopic (exact) mass is 447 g/mol. The van der Waals surface area contributed by atoms with Crippen LogP contribution < -0.4 is 0 Å². The van der Waals surface area contributed by atoms with Gasteiger partial charge in [-0.1, -0.05) is 43.3 Å². The van der Waals surface area contributed by atoms with E-state index in [9.17, 15) is 9.59 Å². The minimum atomic E-state index is -1.03. The Morgan fingerprint density at radius 2 is 1.91 bits per heavy atom. The van der Waals surface area contributed by atoms with Crippen molar-refractivity contribution in [2.75, 3.05) is 26.2 Å². The van der Waals surface area contributed by atoms with Gasteiger partial charge in [0.2, 0.25) is 5.91 Å². The van der Waals surface area contributed by atoms with Gasteiger partial charge in [0.25, 0.3) is 5.91 Å². The first-order valence-electron chi connectivity index (χ1n) is 12.2. The molecule has 5 rings (SSSR count). The van der Waals surface area contributed by atoms with Gasteiger partial charge in [-0.3, -0.25) is 14.6 Å². The lowest BCUT2D eigenvalue weighted by molar-refractivity contribution is -0.169. The molecule has 3 aliphatic rings. The Morgan fingerprint density at radius 1 is 1.12 bits per heavy atom. The van der Waals surface area contributed by atoms with Gasteiger partial charge in [0, 0.05) is 43.9 Å². The van der Waals surface area contributed by atoms with Gasteiger partial charge in [0.15, 0.2) is 5.60 Å². The highest BCUT2D eigenvalue weighted by atomic mass is 16.5. The summed E-state index contributed by atoms with van der Waals surface area (Å²) in [6.45, 7) is 4.62. The summed E-state index contributed by atoms with van der Waals surface area (Å²) in [6.07, 6.45) is 7.66. The van der Waals surface area contributed by atoms with Crippen molar-refractivity contribution < 1.29 is 14.3 Å². The molecule has 2 atom stereocenters. The zero-order chi connectivity index (χ0) is 22.8. The molecular formula is C27H33N3O3. The summed E-state index contributed by atoms with van der Waals surface area (Å²) in [5.74, 6) is 0.842. The molecule has 0 N–H and O–H groups in total. The molecule has 0 bridgehead atoms. The number of carbonyl (C=O) groups is 2. The van der Waals surface area contributed by atoms with Crippen LogP contribution in [0.2, 0.25) is 0 Å². The highest BCUT2D eigenvalue weighted by Crippen LogP contribution is 2.43. The molecule has 1 saturated carbocycles. The van der Waals surface area contributed by atoms with E-state index >= 15 is 0 Å². The lowest BCUT2D eigenvalue weighted by Gasteiger charge is -2.43. The van der Waals surface area contributed by atoms with Gasteiger partial charge in [-0.25, -0.2) is 0 Å². The quantitative estimate of drug-likeness (QED) is 0.718. The van der Waals surface area contributed by atoms with Crippen LogP contribution in [0.1, 0.15) is 49.7 Å². The molecule has 2 aliphatic heterocycles. The third-order valence-corrected chi connectivity index (χ3v) is 7.74.